The fourth-order valence-corrected chi connectivity index (χ4v) is 6.34. The summed E-state index contributed by atoms with van der Waals surface area (Å²) in [6, 6.07) is 20.1. The Hall–Kier alpha value is -6.00. The molecule has 2 aliphatic rings. The second-order valence-electron chi connectivity index (χ2n) is 12.3. The first-order chi connectivity index (χ1) is 25.9. The number of hydrogen-bond donors (Lipinski definition) is 3. The van der Waals surface area contributed by atoms with Gasteiger partial charge in [0.05, 0.1) is 19.4 Å². The number of ether oxygens (including phenoxy) is 7. The number of carbonyl (C=O) groups is 6. The van der Waals surface area contributed by atoms with Gasteiger partial charge in [0.2, 0.25) is 24.6 Å². The second-order valence-corrected chi connectivity index (χ2v) is 12.3. The van der Waals surface area contributed by atoms with Gasteiger partial charge in [-0.1, -0.05) is 54.6 Å². The third-order valence-electron chi connectivity index (χ3n) is 8.58. The van der Waals surface area contributed by atoms with Crippen molar-refractivity contribution in [2.45, 2.75) is 64.5 Å². The van der Waals surface area contributed by atoms with Gasteiger partial charge in [-0.05, 0) is 39.9 Å². The van der Waals surface area contributed by atoms with Crippen molar-refractivity contribution < 1.29 is 67.0 Å². The molecule has 1 aliphatic carbocycles. The monoisotopic (exact) mass is 748 g/mol. The number of benzene rings is 3. The van der Waals surface area contributed by atoms with Crippen LogP contribution in [-0.2, 0) is 59.0 Å². The SMILES string of the molecule is COC(=O)[C@@H]1[C@@H](Oc2ccc(CO)cc2NC(=O)CCNC(=O)OCC2c3ccccc3-c3ccccc32)O[C@@H](OC(C)=O)[C@H](OC(C)=O)[C@H]1OC(C)=O. The summed E-state index contributed by atoms with van der Waals surface area (Å²) in [6.45, 7) is 2.74. The zero-order valence-corrected chi connectivity index (χ0v) is 29.9. The van der Waals surface area contributed by atoms with Gasteiger partial charge in [0.15, 0.2) is 12.0 Å². The zero-order valence-electron chi connectivity index (χ0n) is 29.9. The van der Waals surface area contributed by atoms with Crippen molar-refractivity contribution in [3.63, 3.8) is 0 Å². The molecule has 16 nitrogen and oxygen atoms in total. The number of anilines is 1. The summed E-state index contributed by atoms with van der Waals surface area (Å²) in [5.74, 6) is -6.00. The van der Waals surface area contributed by atoms with Crippen LogP contribution < -0.4 is 15.4 Å². The van der Waals surface area contributed by atoms with E-state index in [0.29, 0.717) is 5.56 Å². The lowest BCUT2D eigenvalue weighted by Gasteiger charge is -2.43. The van der Waals surface area contributed by atoms with Crippen molar-refractivity contribution in [1.29, 1.82) is 0 Å². The second kappa shape index (κ2) is 17.7. The van der Waals surface area contributed by atoms with Gasteiger partial charge in [-0.15, -0.1) is 0 Å². The molecular formula is C38H40N2O14. The third-order valence-corrected chi connectivity index (χ3v) is 8.58. The first-order valence-corrected chi connectivity index (χ1v) is 16.9. The number of carbonyl (C=O) groups excluding carboxylic acids is 6. The van der Waals surface area contributed by atoms with Crippen LogP contribution in [-0.4, -0.2) is 86.0 Å². The van der Waals surface area contributed by atoms with Gasteiger partial charge in [0.1, 0.15) is 12.4 Å². The van der Waals surface area contributed by atoms with Crippen molar-refractivity contribution in [3.05, 3.63) is 83.4 Å². The molecule has 0 bridgehead atoms. The Kier molecular flexibility index (Phi) is 12.8. The summed E-state index contributed by atoms with van der Waals surface area (Å²) >= 11 is 0. The molecule has 0 spiro atoms. The van der Waals surface area contributed by atoms with Crippen LogP contribution in [0.1, 0.15) is 49.8 Å². The number of hydrogen-bond acceptors (Lipinski definition) is 14. The normalized spacial score (nSPS) is 20.0. The average Bonchev–Trinajstić information content (AvgIpc) is 3.45. The molecule has 0 unspecified atom stereocenters. The number of aliphatic hydroxyl groups excluding tert-OH is 1. The first kappa shape index (κ1) is 39.2. The fourth-order valence-electron chi connectivity index (χ4n) is 6.34. The van der Waals surface area contributed by atoms with E-state index in [9.17, 15) is 33.9 Å². The number of amides is 2. The molecule has 1 fully saturated rings. The summed E-state index contributed by atoms with van der Waals surface area (Å²) in [6.07, 6.45) is -7.54. The van der Waals surface area contributed by atoms with Crippen LogP contribution >= 0.6 is 0 Å². The molecule has 1 saturated heterocycles. The Morgan fingerprint density at radius 2 is 1.39 bits per heavy atom. The van der Waals surface area contributed by atoms with Crippen LogP contribution in [0.4, 0.5) is 10.5 Å². The van der Waals surface area contributed by atoms with Crippen molar-refractivity contribution in [2.75, 3.05) is 25.6 Å². The Bertz CT molecular complexity index is 1850. The number of esters is 4. The Morgan fingerprint density at radius 3 is 1.98 bits per heavy atom. The number of fused-ring (bicyclic) bond motifs is 3. The minimum atomic E-state index is -1.71. The fraction of sp³-hybridized carbons (Fsp3) is 0.368. The Balaban J connectivity index is 1.26. The number of nitrogens with one attached hydrogen (secondary N) is 2. The van der Waals surface area contributed by atoms with Gasteiger partial charge >= 0.3 is 30.0 Å². The minimum absolute atomic E-state index is 0.0232. The van der Waals surface area contributed by atoms with Crippen LogP contribution in [0.15, 0.2) is 66.7 Å². The van der Waals surface area contributed by atoms with Gasteiger partial charge in [0.25, 0.3) is 0 Å². The van der Waals surface area contributed by atoms with Gasteiger partial charge in [-0.2, -0.15) is 0 Å². The molecule has 54 heavy (non-hydrogen) atoms. The highest BCUT2D eigenvalue weighted by atomic mass is 16.8. The standard InChI is InChI=1S/C38H40N2O14/c1-20(42)50-33-32(35(46)48-4)36(54-37(52-22(3)44)34(33)51-21(2)43)53-30-14-13-23(18-41)17-29(30)40-31(45)15-16-39-38(47)49-19-28-26-11-7-5-9-24(26)25-10-6-8-12-27(25)28/h5-14,17,28,32-34,36-37,41H,15-16,18-19H2,1-4H3,(H,39,47)(H,40,45)/t32-,33+,34-,36+,37-/m1/s1. The molecule has 2 amide bonds. The van der Waals surface area contributed by atoms with Crippen LogP contribution in [0.2, 0.25) is 0 Å². The largest absolute Gasteiger partial charge is 0.469 e. The number of aliphatic hydroxyl groups is 1. The quantitative estimate of drug-likeness (QED) is 0.169. The number of alkyl carbamates (subject to hydrolysis) is 1. The van der Waals surface area contributed by atoms with Gasteiger partial charge in [-0.25, -0.2) is 4.79 Å². The lowest BCUT2D eigenvalue weighted by atomic mass is 9.93. The highest BCUT2D eigenvalue weighted by Crippen LogP contribution is 2.44. The zero-order chi connectivity index (χ0) is 38.9. The van der Waals surface area contributed by atoms with E-state index < -0.39 is 73.2 Å². The molecule has 1 aliphatic heterocycles. The lowest BCUT2D eigenvalue weighted by molar-refractivity contribution is -0.313. The summed E-state index contributed by atoms with van der Waals surface area (Å²) < 4.78 is 38.2. The predicted molar refractivity (Wildman–Crippen MR) is 186 cm³/mol. The third kappa shape index (κ3) is 9.31. The van der Waals surface area contributed by atoms with Crippen molar-refractivity contribution >= 4 is 41.6 Å². The maximum Gasteiger partial charge on any atom is 0.407 e. The molecule has 3 aromatic carbocycles. The van der Waals surface area contributed by atoms with Crippen LogP contribution in [0.25, 0.3) is 11.1 Å². The van der Waals surface area contributed by atoms with E-state index in [4.69, 9.17) is 33.2 Å². The van der Waals surface area contributed by atoms with Crippen molar-refractivity contribution in [1.82, 2.24) is 5.32 Å². The molecule has 3 N–H and O–H groups in total. The van der Waals surface area contributed by atoms with Gasteiger partial charge in [-0.3, -0.25) is 28.7 Å². The van der Waals surface area contributed by atoms with E-state index in [2.05, 4.69) is 10.6 Å². The summed E-state index contributed by atoms with van der Waals surface area (Å²) in [4.78, 5) is 75.0. The highest BCUT2D eigenvalue weighted by molar-refractivity contribution is 5.92. The van der Waals surface area contributed by atoms with Gasteiger partial charge in [0, 0.05) is 39.7 Å². The van der Waals surface area contributed by atoms with E-state index >= 15 is 0 Å². The smallest absolute Gasteiger partial charge is 0.407 e. The van der Waals surface area contributed by atoms with Crippen molar-refractivity contribution in [2.24, 2.45) is 5.92 Å². The molecule has 0 aromatic heterocycles. The maximum atomic E-state index is 13.1. The van der Waals surface area contributed by atoms with E-state index in [1.54, 1.807) is 0 Å². The molecule has 0 radical (unpaired) electrons. The number of rotatable bonds is 13. The molecular weight excluding hydrogens is 708 g/mol. The maximum absolute atomic E-state index is 13.1. The number of methoxy groups -OCH3 is 1. The predicted octanol–water partition coefficient (Wildman–Crippen LogP) is 3.32. The molecule has 5 atom stereocenters. The van der Waals surface area contributed by atoms with E-state index in [1.807, 2.05) is 48.5 Å². The first-order valence-electron chi connectivity index (χ1n) is 16.9. The molecule has 286 valence electrons. The molecule has 1 heterocycles. The molecule has 3 aromatic rings. The lowest BCUT2D eigenvalue weighted by Crippen LogP contribution is -2.61. The summed E-state index contributed by atoms with van der Waals surface area (Å²) in [5, 5.41) is 15.0. The topological polar surface area (TPSA) is 211 Å². The Morgan fingerprint density at radius 1 is 0.778 bits per heavy atom. The van der Waals surface area contributed by atoms with Crippen molar-refractivity contribution in [3.8, 4) is 16.9 Å². The van der Waals surface area contributed by atoms with Crippen LogP contribution in [0.3, 0.4) is 0 Å². The molecule has 0 saturated carbocycles. The van der Waals surface area contributed by atoms with Crippen LogP contribution in [0, 0.1) is 5.92 Å². The molecule has 16 heteroatoms. The van der Waals surface area contributed by atoms with E-state index in [1.165, 1.54) is 18.2 Å². The average molecular weight is 749 g/mol. The van der Waals surface area contributed by atoms with Gasteiger partial charge < -0.3 is 44.2 Å². The Labute approximate surface area is 309 Å². The minimum Gasteiger partial charge on any atom is -0.469 e. The van der Waals surface area contributed by atoms with Crippen LogP contribution in [0.5, 0.6) is 5.75 Å². The van der Waals surface area contributed by atoms with E-state index in [-0.39, 0.29) is 36.9 Å². The summed E-state index contributed by atoms with van der Waals surface area (Å²) in [5.41, 5.74) is 4.67. The van der Waals surface area contributed by atoms with E-state index in [0.717, 1.165) is 50.1 Å². The molecule has 5 rings (SSSR count). The summed E-state index contributed by atoms with van der Waals surface area (Å²) in [7, 11) is 1.06. The highest BCUT2D eigenvalue weighted by Gasteiger charge is 2.56.